The van der Waals surface area contributed by atoms with Crippen LogP contribution in [0.25, 0.3) is 0 Å². The lowest BCUT2D eigenvalue weighted by Crippen LogP contribution is -2.25. The number of hydrogen-bond acceptors (Lipinski definition) is 5. The second-order valence-electron chi connectivity index (χ2n) is 6.11. The summed E-state index contributed by atoms with van der Waals surface area (Å²) in [6.07, 6.45) is 4.44. The Hall–Kier alpha value is -3.22. The van der Waals surface area contributed by atoms with Gasteiger partial charge in [0.25, 0.3) is 11.8 Å². The lowest BCUT2D eigenvalue weighted by Gasteiger charge is -2.10. The van der Waals surface area contributed by atoms with Gasteiger partial charge in [0.1, 0.15) is 5.69 Å². The second-order valence-corrected chi connectivity index (χ2v) is 6.11. The molecule has 1 heterocycles. The van der Waals surface area contributed by atoms with Gasteiger partial charge < -0.3 is 15.4 Å². The molecule has 148 valence electrons. The van der Waals surface area contributed by atoms with E-state index in [0.29, 0.717) is 17.8 Å². The number of para-hydroxylation sites is 1. The summed E-state index contributed by atoms with van der Waals surface area (Å²) in [6, 6.07) is 9.54. The molecular formula is C21H25N3O4. The first-order valence-electron chi connectivity index (χ1n) is 9.38. The SMILES string of the molecule is CCCCCNC(=O)c1ccnc(C(=O)Nc2ccccc2C(=O)OCC)c1. The summed E-state index contributed by atoms with van der Waals surface area (Å²) >= 11 is 0. The number of nitrogens with zero attached hydrogens (tertiary/aromatic N) is 1. The second kappa shape index (κ2) is 10.8. The monoisotopic (exact) mass is 383 g/mol. The van der Waals surface area contributed by atoms with Gasteiger partial charge >= 0.3 is 5.97 Å². The van der Waals surface area contributed by atoms with Gasteiger partial charge in [-0.1, -0.05) is 31.9 Å². The lowest BCUT2D eigenvalue weighted by molar-refractivity contribution is 0.0527. The van der Waals surface area contributed by atoms with E-state index in [9.17, 15) is 14.4 Å². The van der Waals surface area contributed by atoms with Crippen molar-refractivity contribution < 1.29 is 19.1 Å². The van der Waals surface area contributed by atoms with Gasteiger partial charge in [0.15, 0.2) is 0 Å². The molecule has 7 nitrogen and oxygen atoms in total. The minimum absolute atomic E-state index is 0.0832. The van der Waals surface area contributed by atoms with Gasteiger partial charge in [-0.3, -0.25) is 14.6 Å². The summed E-state index contributed by atoms with van der Waals surface area (Å²) in [7, 11) is 0. The molecule has 2 rings (SSSR count). The van der Waals surface area contributed by atoms with Gasteiger partial charge in [-0.25, -0.2) is 4.79 Å². The molecule has 0 radical (unpaired) electrons. The van der Waals surface area contributed by atoms with E-state index in [1.54, 1.807) is 37.3 Å². The number of benzene rings is 1. The van der Waals surface area contributed by atoms with E-state index in [1.165, 1.54) is 12.3 Å². The Morgan fingerprint density at radius 2 is 1.82 bits per heavy atom. The molecule has 2 aromatic rings. The number of unbranched alkanes of at least 4 members (excludes halogenated alkanes) is 2. The van der Waals surface area contributed by atoms with E-state index in [1.807, 2.05) is 0 Å². The molecule has 0 aliphatic carbocycles. The van der Waals surface area contributed by atoms with Crippen molar-refractivity contribution in [2.45, 2.75) is 33.1 Å². The van der Waals surface area contributed by atoms with Crippen LogP contribution in [-0.2, 0) is 4.74 Å². The normalized spacial score (nSPS) is 10.2. The van der Waals surface area contributed by atoms with Gasteiger partial charge in [-0.15, -0.1) is 0 Å². The van der Waals surface area contributed by atoms with Crippen LogP contribution in [0.3, 0.4) is 0 Å². The van der Waals surface area contributed by atoms with E-state index in [0.717, 1.165) is 19.3 Å². The largest absolute Gasteiger partial charge is 0.462 e. The molecule has 0 spiro atoms. The third kappa shape index (κ3) is 5.90. The van der Waals surface area contributed by atoms with E-state index in [2.05, 4.69) is 22.5 Å². The Kier molecular flexibility index (Phi) is 8.14. The van der Waals surface area contributed by atoms with Crippen LogP contribution in [0.4, 0.5) is 5.69 Å². The molecule has 1 aromatic carbocycles. The highest BCUT2D eigenvalue weighted by Gasteiger charge is 2.16. The van der Waals surface area contributed by atoms with Crippen molar-refractivity contribution in [3.8, 4) is 0 Å². The molecule has 1 aromatic heterocycles. The maximum atomic E-state index is 12.6. The number of aromatic nitrogens is 1. The van der Waals surface area contributed by atoms with E-state index < -0.39 is 11.9 Å². The minimum Gasteiger partial charge on any atom is -0.462 e. The summed E-state index contributed by atoms with van der Waals surface area (Å²) in [5.41, 5.74) is 1.01. The van der Waals surface area contributed by atoms with Crippen LogP contribution in [0.1, 0.15) is 64.3 Å². The first kappa shape index (κ1) is 21.1. The van der Waals surface area contributed by atoms with Crippen LogP contribution >= 0.6 is 0 Å². The first-order valence-corrected chi connectivity index (χ1v) is 9.38. The molecule has 0 bridgehead atoms. The van der Waals surface area contributed by atoms with Crippen molar-refractivity contribution in [2.75, 3.05) is 18.5 Å². The number of carbonyl (C=O) groups excluding carboxylic acids is 3. The van der Waals surface area contributed by atoms with Gasteiger partial charge in [0, 0.05) is 18.3 Å². The van der Waals surface area contributed by atoms with Crippen molar-refractivity contribution in [3.63, 3.8) is 0 Å². The highest BCUT2D eigenvalue weighted by atomic mass is 16.5. The molecule has 0 fully saturated rings. The number of amides is 2. The summed E-state index contributed by atoms with van der Waals surface area (Å²) in [4.78, 5) is 40.8. The summed E-state index contributed by atoms with van der Waals surface area (Å²) < 4.78 is 5.00. The van der Waals surface area contributed by atoms with Crippen LogP contribution in [-0.4, -0.2) is 35.9 Å². The Bertz CT molecular complexity index is 836. The average molecular weight is 383 g/mol. The molecular weight excluding hydrogens is 358 g/mol. The summed E-state index contributed by atoms with van der Waals surface area (Å²) in [6.45, 7) is 4.62. The Labute approximate surface area is 164 Å². The van der Waals surface area contributed by atoms with Gasteiger partial charge in [0.05, 0.1) is 17.9 Å². The molecule has 28 heavy (non-hydrogen) atoms. The summed E-state index contributed by atoms with van der Waals surface area (Å²) in [5, 5.41) is 5.49. The maximum Gasteiger partial charge on any atom is 0.340 e. The van der Waals surface area contributed by atoms with E-state index in [-0.39, 0.29) is 23.8 Å². The smallest absolute Gasteiger partial charge is 0.340 e. The molecule has 7 heteroatoms. The van der Waals surface area contributed by atoms with Crippen LogP contribution in [0.15, 0.2) is 42.6 Å². The van der Waals surface area contributed by atoms with E-state index in [4.69, 9.17) is 4.74 Å². The number of rotatable bonds is 9. The fraction of sp³-hybridized carbons (Fsp3) is 0.333. The standard InChI is InChI=1S/C21H25N3O4/c1-3-5-8-12-23-19(25)15-11-13-22-18(14-15)20(26)24-17-10-7-6-9-16(17)21(27)28-4-2/h6-7,9-11,13-14H,3-5,8,12H2,1-2H3,(H,23,25)(H,24,26). The van der Waals surface area contributed by atoms with Crippen molar-refractivity contribution in [2.24, 2.45) is 0 Å². The van der Waals surface area contributed by atoms with Gasteiger partial charge in [0.2, 0.25) is 0 Å². The maximum absolute atomic E-state index is 12.6. The minimum atomic E-state index is -0.522. The van der Waals surface area contributed by atoms with E-state index >= 15 is 0 Å². The zero-order chi connectivity index (χ0) is 20.4. The molecule has 0 aliphatic heterocycles. The topological polar surface area (TPSA) is 97.4 Å². The molecule has 0 unspecified atom stereocenters. The highest BCUT2D eigenvalue weighted by molar-refractivity contribution is 6.08. The molecule has 0 saturated carbocycles. The number of pyridine rings is 1. The highest BCUT2D eigenvalue weighted by Crippen LogP contribution is 2.17. The predicted octanol–water partition coefficient (Wildman–Crippen LogP) is 3.43. The first-order chi connectivity index (χ1) is 13.6. The average Bonchev–Trinajstić information content (AvgIpc) is 2.71. The quantitative estimate of drug-likeness (QED) is 0.511. The van der Waals surface area contributed by atoms with Crippen molar-refractivity contribution in [3.05, 3.63) is 59.4 Å². The molecule has 0 saturated heterocycles. The van der Waals surface area contributed by atoms with Crippen LogP contribution in [0.2, 0.25) is 0 Å². The number of esters is 1. The predicted molar refractivity (Wildman–Crippen MR) is 106 cm³/mol. The molecule has 2 amide bonds. The van der Waals surface area contributed by atoms with Crippen LogP contribution in [0.5, 0.6) is 0 Å². The lowest BCUT2D eigenvalue weighted by atomic mass is 10.1. The third-order valence-electron chi connectivity index (χ3n) is 3.99. The van der Waals surface area contributed by atoms with Gasteiger partial charge in [-0.05, 0) is 37.6 Å². The molecule has 2 N–H and O–H groups in total. The van der Waals surface area contributed by atoms with Crippen molar-refractivity contribution in [1.82, 2.24) is 10.3 Å². The fourth-order valence-corrected chi connectivity index (χ4v) is 2.54. The number of carbonyl (C=O) groups is 3. The van der Waals surface area contributed by atoms with Crippen molar-refractivity contribution in [1.29, 1.82) is 0 Å². The fourth-order valence-electron chi connectivity index (χ4n) is 2.54. The van der Waals surface area contributed by atoms with Gasteiger partial charge in [-0.2, -0.15) is 0 Å². The summed E-state index contributed by atoms with van der Waals surface area (Å²) in [5.74, 6) is -1.29. The number of nitrogens with one attached hydrogen (secondary N) is 2. The molecule has 0 aliphatic rings. The van der Waals surface area contributed by atoms with Crippen LogP contribution < -0.4 is 10.6 Å². The number of hydrogen-bond donors (Lipinski definition) is 2. The number of ether oxygens (including phenoxy) is 1. The van der Waals surface area contributed by atoms with Crippen molar-refractivity contribution >= 4 is 23.5 Å². The zero-order valence-electron chi connectivity index (χ0n) is 16.2. The Morgan fingerprint density at radius 3 is 2.57 bits per heavy atom. The Balaban J connectivity index is 2.09. The number of anilines is 1. The Morgan fingerprint density at radius 1 is 1.04 bits per heavy atom. The third-order valence-corrected chi connectivity index (χ3v) is 3.99. The van der Waals surface area contributed by atoms with Crippen LogP contribution in [0, 0.1) is 0 Å². The molecule has 0 atom stereocenters. The zero-order valence-corrected chi connectivity index (χ0v) is 16.2.